The van der Waals surface area contributed by atoms with Gasteiger partial charge in [0, 0.05) is 13.3 Å². The van der Waals surface area contributed by atoms with E-state index in [0.29, 0.717) is 19.5 Å². The summed E-state index contributed by atoms with van der Waals surface area (Å²) in [5.41, 5.74) is 0. The Bertz CT molecular complexity index is 326. The third kappa shape index (κ3) is 2.00. The summed E-state index contributed by atoms with van der Waals surface area (Å²) in [4.78, 5) is 34.3. The zero-order valence-electron chi connectivity index (χ0n) is 9.73. The predicted molar refractivity (Wildman–Crippen MR) is 56.6 cm³/mol. The van der Waals surface area contributed by atoms with Gasteiger partial charge in [-0.3, -0.25) is 4.79 Å². The summed E-state index contributed by atoms with van der Waals surface area (Å²) in [6.45, 7) is 3.81. The third-order valence-corrected chi connectivity index (χ3v) is 3.44. The van der Waals surface area contributed by atoms with Crippen LogP contribution in [0.15, 0.2) is 0 Å². The monoisotopic (exact) mass is 228 g/mol. The molecule has 2 atom stereocenters. The second-order valence-electron chi connectivity index (χ2n) is 4.29. The van der Waals surface area contributed by atoms with Crippen molar-refractivity contribution in [1.82, 2.24) is 0 Å². The highest BCUT2D eigenvalue weighted by atomic mass is 16.4. The van der Waals surface area contributed by atoms with Crippen LogP contribution in [0.25, 0.3) is 0 Å². The van der Waals surface area contributed by atoms with Gasteiger partial charge in [0.05, 0.1) is 13.1 Å². The number of quaternary nitrogens is 1. The Morgan fingerprint density at radius 3 is 2.38 bits per heavy atom. The maximum absolute atomic E-state index is 11.9. The number of ketones is 1. The molecule has 1 saturated heterocycles. The largest absolute Gasteiger partial charge is 0.477 e. The fourth-order valence-corrected chi connectivity index (χ4v) is 2.55. The second kappa shape index (κ2) is 4.74. The highest BCUT2D eigenvalue weighted by Gasteiger charge is 2.50. The number of nitrogens with zero attached hydrogens (tertiary/aromatic N) is 1. The first kappa shape index (κ1) is 12.8. The van der Waals surface area contributed by atoms with Crippen LogP contribution in [-0.4, -0.2) is 46.4 Å². The van der Waals surface area contributed by atoms with Crippen molar-refractivity contribution < 1.29 is 24.0 Å². The van der Waals surface area contributed by atoms with Gasteiger partial charge in [0.1, 0.15) is 0 Å². The zero-order chi connectivity index (χ0) is 12.3. The van der Waals surface area contributed by atoms with Crippen LogP contribution < -0.4 is 0 Å². The molecule has 1 rings (SSSR count). The predicted octanol–water partition coefficient (Wildman–Crippen LogP) is 0.576. The highest BCUT2D eigenvalue weighted by molar-refractivity contribution is 6.32. The first-order chi connectivity index (χ1) is 7.45. The Kier molecular flexibility index (Phi) is 3.80. The summed E-state index contributed by atoms with van der Waals surface area (Å²) in [7, 11) is 0. The molecule has 90 valence electrons. The molecule has 0 aliphatic carbocycles. The van der Waals surface area contributed by atoms with E-state index in [-0.39, 0.29) is 4.48 Å². The van der Waals surface area contributed by atoms with Crippen LogP contribution in [-0.2, 0) is 14.4 Å². The van der Waals surface area contributed by atoms with Gasteiger partial charge >= 0.3 is 11.9 Å². The van der Waals surface area contributed by atoms with E-state index in [9.17, 15) is 14.4 Å². The third-order valence-electron chi connectivity index (χ3n) is 3.44. The Balaban J connectivity index is 3.11. The maximum atomic E-state index is 11.9. The average Bonchev–Trinajstić information content (AvgIpc) is 2.27. The number of likely N-dealkylation sites (tertiary alicyclic amines) is 1. The summed E-state index contributed by atoms with van der Waals surface area (Å²) in [5.74, 6) is -2.08. The van der Waals surface area contributed by atoms with Crippen molar-refractivity contribution in [1.29, 1.82) is 0 Å². The van der Waals surface area contributed by atoms with Gasteiger partial charge < -0.3 is 5.11 Å². The van der Waals surface area contributed by atoms with E-state index in [0.717, 1.165) is 12.8 Å². The van der Waals surface area contributed by atoms with Crippen molar-refractivity contribution >= 4 is 17.7 Å². The quantitative estimate of drug-likeness (QED) is 0.566. The highest BCUT2D eigenvalue weighted by Crippen LogP contribution is 2.26. The molecule has 5 heteroatoms. The second-order valence-corrected chi connectivity index (χ2v) is 4.29. The van der Waals surface area contributed by atoms with Crippen LogP contribution in [0.2, 0.25) is 0 Å². The number of likely N-dealkylation sites (N-methyl/N-ethyl adjacent to an activating group) is 1. The number of Topliss-reactive ketones (excluding diaryl/α,β-unsaturated/α-hetero) is 1. The number of rotatable bonds is 3. The van der Waals surface area contributed by atoms with Gasteiger partial charge in [0.15, 0.2) is 6.04 Å². The number of carbonyl (C=O) groups excluding carboxylic acids is 2. The van der Waals surface area contributed by atoms with Gasteiger partial charge in [-0.2, -0.15) is 0 Å². The summed E-state index contributed by atoms with van der Waals surface area (Å²) in [6, 6.07) is -0.754. The van der Waals surface area contributed by atoms with Crippen LogP contribution in [0.4, 0.5) is 0 Å². The lowest BCUT2D eigenvalue weighted by atomic mass is 9.97. The normalized spacial score (nSPS) is 29.8. The van der Waals surface area contributed by atoms with Gasteiger partial charge in [-0.05, 0) is 19.8 Å². The number of carboxylic acid groups (broad SMARTS) is 1. The molecule has 1 fully saturated rings. The van der Waals surface area contributed by atoms with Crippen molar-refractivity contribution in [3.8, 4) is 0 Å². The summed E-state index contributed by atoms with van der Waals surface area (Å²) in [5, 5.41) is 9.16. The van der Waals surface area contributed by atoms with Crippen LogP contribution in [0.5, 0.6) is 0 Å². The summed E-state index contributed by atoms with van der Waals surface area (Å²) < 4.78 is -0.204. The van der Waals surface area contributed by atoms with Crippen molar-refractivity contribution in [2.24, 2.45) is 0 Å². The molecular formula is C11H18NO4+. The molecule has 0 aromatic rings. The van der Waals surface area contributed by atoms with Crippen LogP contribution in [0.3, 0.4) is 0 Å². The molecule has 16 heavy (non-hydrogen) atoms. The minimum atomic E-state index is -0.976. The Morgan fingerprint density at radius 2 is 1.94 bits per heavy atom. The molecule has 1 aliphatic heterocycles. The maximum Gasteiger partial charge on any atom is 0.382 e. The number of hydrogen-bond acceptors (Lipinski definition) is 3. The molecule has 1 N–H and O–H groups in total. The fraction of sp³-hybridized carbons (Fsp3) is 0.727. The van der Waals surface area contributed by atoms with Gasteiger partial charge in [0.25, 0.3) is 5.78 Å². The molecule has 1 heterocycles. The molecule has 0 bridgehead atoms. The molecule has 0 aromatic heterocycles. The van der Waals surface area contributed by atoms with Crippen molar-refractivity contribution in [3.63, 3.8) is 0 Å². The van der Waals surface area contributed by atoms with Crippen LogP contribution in [0.1, 0.15) is 33.1 Å². The van der Waals surface area contributed by atoms with E-state index in [4.69, 9.17) is 5.11 Å². The number of carbonyl (C=O) groups is 3. The van der Waals surface area contributed by atoms with E-state index in [1.807, 2.05) is 0 Å². The summed E-state index contributed by atoms with van der Waals surface area (Å²) >= 11 is 0. The van der Waals surface area contributed by atoms with E-state index < -0.39 is 23.7 Å². The van der Waals surface area contributed by atoms with Gasteiger partial charge in [-0.1, -0.05) is 0 Å². The molecule has 2 unspecified atom stereocenters. The topological polar surface area (TPSA) is 71.4 Å². The van der Waals surface area contributed by atoms with E-state index in [2.05, 4.69) is 0 Å². The Morgan fingerprint density at radius 1 is 1.31 bits per heavy atom. The average molecular weight is 228 g/mol. The number of hydrogen-bond donors (Lipinski definition) is 1. The Hall–Kier alpha value is -1.23. The lowest BCUT2D eigenvalue weighted by Gasteiger charge is -2.41. The van der Waals surface area contributed by atoms with E-state index >= 15 is 0 Å². The standard InChI is InChI=1S/C11H17NO4/c1-3-12(10(14)8(2)13)7-5-4-6-9(12)11(15)16/h9H,3-7H2,1-2H3/p+1. The van der Waals surface area contributed by atoms with Gasteiger partial charge in [0.2, 0.25) is 0 Å². The van der Waals surface area contributed by atoms with E-state index in [1.54, 1.807) is 6.92 Å². The summed E-state index contributed by atoms with van der Waals surface area (Å²) in [6.07, 6.45) is 2.08. The number of piperidine rings is 1. The first-order valence-corrected chi connectivity index (χ1v) is 5.60. The number of carboxylic acids is 1. The molecule has 0 spiro atoms. The fourth-order valence-electron chi connectivity index (χ4n) is 2.55. The molecule has 1 amide bonds. The zero-order valence-corrected chi connectivity index (χ0v) is 9.73. The van der Waals surface area contributed by atoms with Crippen molar-refractivity contribution in [2.75, 3.05) is 13.1 Å². The SMILES string of the molecule is CC[N+]1(C(=O)C(C)=O)CCCCC1C(=O)O. The lowest BCUT2D eigenvalue weighted by Crippen LogP contribution is -2.65. The lowest BCUT2D eigenvalue weighted by molar-refractivity contribution is -0.871. The first-order valence-electron chi connectivity index (χ1n) is 5.60. The molecule has 0 saturated carbocycles. The van der Waals surface area contributed by atoms with Crippen molar-refractivity contribution in [2.45, 2.75) is 39.2 Å². The number of aliphatic carboxylic acids is 1. The Labute approximate surface area is 94.6 Å². The smallest absolute Gasteiger partial charge is 0.382 e. The van der Waals surface area contributed by atoms with Gasteiger partial charge in [-0.15, -0.1) is 0 Å². The van der Waals surface area contributed by atoms with Crippen LogP contribution >= 0.6 is 0 Å². The van der Waals surface area contributed by atoms with Crippen molar-refractivity contribution in [3.05, 3.63) is 0 Å². The molecule has 0 radical (unpaired) electrons. The minimum absolute atomic E-state index is 0.204. The minimum Gasteiger partial charge on any atom is -0.477 e. The molecular weight excluding hydrogens is 210 g/mol. The number of amides is 1. The van der Waals surface area contributed by atoms with Gasteiger partial charge in [-0.25, -0.2) is 14.1 Å². The molecule has 0 aromatic carbocycles. The molecule has 1 aliphatic rings. The molecule has 5 nitrogen and oxygen atoms in total. The van der Waals surface area contributed by atoms with E-state index in [1.165, 1.54) is 6.92 Å². The van der Waals surface area contributed by atoms with Crippen LogP contribution in [0, 0.1) is 0 Å².